The van der Waals surface area contributed by atoms with Crippen LogP contribution in [-0.4, -0.2) is 36.2 Å². The van der Waals surface area contributed by atoms with Gasteiger partial charge in [0.25, 0.3) is 0 Å². The van der Waals surface area contributed by atoms with Crippen molar-refractivity contribution in [1.29, 1.82) is 0 Å². The Labute approximate surface area is 285 Å². The van der Waals surface area contributed by atoms with Crippen LogP contribution in [0.15, 0.2) is 121 Å². The van der Waals surface area contributed by atoms with E-state index in [1.165, 1.54) is 54.9 Å². The molecular weight excluding hydrogens is 639 g/mol. The zero-order chi connectivity index (χ0) is 33.3. The Kier molecular flexibility index (Phi) is 8.04. The van der Waals surface area contributed by atoms with E-state index in [4.69, 9.17) is 0 Å². The minimum atomic E-state index is -2.40. The first-order chi connectivity index (χ1) is 22.3. The summed E-state index contributed by atoms with van der Waals surface area (Å²) in [5.74, 6) is 0. The van der Waals surface area contributed by atoms with Crippen LogP contribution in [0.3, 0.4) is 0 Å². The van der Waals surface area contributed by atoms with Gasteiger partial charge in [-0.05, 0) is 0 Å². The van der Waals surface area contributed by atoms with E-state index in [9.17, 15) is 0 Å². The average molecular weight is 687 g/mol. The third-order valence-electron chi connectivity index (χ3n) is 10.7. The van der Waals surface area contributed by atoms with Crippen molar-refractivity contribution in [2.24, 2.45) is 0 Å². The van der Waals surface area contributed by atoms with Crippen LogP contribution in [0.1, 0.15) is 0 Å². The number of hydrogen-bond acceptors (Lipinski definition) is 2. The van der Waals surface area contributed by atoms with Crippen molar-refractivity contribution in [3.05, 3.63) is 121 Å². The molecule has 0 atom stereocenters. The van der Waals surface area contributed by atoms with E-state index >= 15 is 0 Å². The van der Waals surface area contributed by atoms with E-state index in [-0.39, 0.29) is 0 Å². The molecule has 0 fully saturated rings. The van der Waals surface area contributed by atoms with Crippen LogP contribution in [0.25, 0.3) is 21.5 Å². The number of hydrogen-bond donors (Lipinski definition) is 0. The van der Waals surface area contributed by atoms with Gasteiger partial charge < -0.3 is 0 Å². The summed E-state index contributed by atoms with van der Waals surface area (Å²) in [6, 6.07) is 46.8. The van der Waals surface area contributed by atoms with E-state index in [1.54, 1.807) is 10.6 Å². The summed E-state index contributed by atoms with van der Waals surface area (Å²) in [4.78, 5) is 5.15. The molecular formula is C41H48N2P2Si2. The molecule has 0 saturated heterocycles. The van der Waals surface area contributed by atoms with Gasteiger partial charge in [-0.3, -0.25) is 0 Å². The Bertz CT molecular complexity index is 2010. The van der Waals surface area contributed by atoms with E-state index in [1.807, 2.05) is 0 Å². The number of fused-ring (bicyclic) bond motifs is 6. The van der Waals surface area contributed by atoms with Crippen molar-refractivity contribution < 1.29 is 0 Å². The number of anilines is 4. The number of rotatable bonds is 2. The molecule has 0 spiro atoms. The molecule has 6 aromatic rings. The van der Waals surface area contributed by atoms with E-state index in [2.05, 4.69) is 191 Å². The van der Waals surface area contributed by atoms with Crippen LogP contribution < -0.4 is 31.0 Å². The predicted octanol–water partition coefficient (Wildman–Crippen LogP) is 10.3. The summed E-state index contributed by atoms with van der Waals surface area (Å²) in [6.07, 6.45) is 0. The van der Waals surface area contributed by atoms with Gasteiger partial charge >= 0.3 is 286 Å². The molecule has 240 valence electrons. The summed E-state index contributed by atoms with van der Waals surface area (Å²) in [6.45, 7) is 15.9. The fourth-order valence-electron chi connectivity index (χ4n) is 7.75. The molecule has 1 aliphatic heterocycles. The van der Waals surface area contributed by atoms with Gasteiger partial charge in [-0.25, -0.2) is 0 Å². The second-order valence-corrected chi connectivity index (χ2v) is 42.1. The number of para-hydroxylation sites is 2. The Balaban J connectivity index is 1.71. The fraction of sp³-hybridized carbons (Fsp3) is 0.220. The van der Waals surface area contributed by atoms with Crippen molar-refractivity contribution in [2.75, 3.05) is 30.6 Å². The fourth-order valence-corrected chi connectivity index (χ4v) is 26.7. The van der Waals surface area contributed by atoms with Gasteiger partial charge in [-0.2, -0.15) is 0 Å². The SMILES string of the molecule is CN1c2ccccc2P([Si](C)(C)C)c2ccccc2N(C)c2cc3ccccc3cc2[PH](C)([Si](C)(C)C)c2cc3ccccc3cc21. The van der Waals surface area contributed by atoms with Gasteiger partial charge in [0.15, 0.2) is 0 Å². The molecule has 0 amide bonds. The zero-order valence-electron chi connectivity index (χ0n) is 29.4. The van der Waals surface area contributed by atoms with Crippen molar-refractivity contribution in [3.63, 3.8) is 0 Å². The first-order valence-corrected chi connectivity index (χ1v) is 29.5. The van der Waals surface area contributed by atoms with Gasteiger partial charge in [0.1, 0.15) is 0 Å². The van der Waals surface area contributed by atoms with Gasteiger partial charge in [0.2, 0.25) is 0 Å². The Morgan fingerprint density at radius 1 is 0.468 bits per heavy atom. The topological polar surface area (TPSA) is 6.48 Å². The molecule has 6 heteroatoms. The average Bonchev–Trinajstić information content (AvgIpc) is 3.05. The molecule has 7 rings (SSSR count). The molecule has 0 saturated carbocycles. The number of nitrogens with zero attached hydrogens (tertiary/aromatic N) is 2. The summed E-state index contributed by atoms with van der Waals surface area (Å²) >= 11 is 0. The van der Waals surface area contributed by atoms with Crippen molar-refractivity contribution in [1.82, 2.24) is 0 Å². The molecule has 0 bridgehead atoms. The normalized spacial score (nSPS) is 17.2. The first-order valence-electron chi connectivity index (χ1n) is 16.8. The third kappa shape index (κ3) is 5.29. The summed E-state index contributed by atoms with van der Waals surface area (Å²) in [7, 11) is 0.462. The molecule has 0 N–H and O–H groups in total. The Morgan fingerprint density at radius 3 is 1.17 bits per heavy atom. The van der Waals surface area contributed by atoms with E-state index in [0.717, 1.165) is 0 Å². The molecule has 0 aromatic heterocycles. The zero-order valence-corrected chi connectivity index (χ0v) is 33.3. The van der Waals surface area contributed by atoms with Crippen LogP contribution in [0.4, 0.5) is 22.7 Å². The Morgan fingerprint density at radius 2 is 0.809 bits per heavy atom. The maximum atomic E-state index is 2.70. The standard InChI is InChI=1S/C41H48N2P2Si2/c1-42-34-22-14-16-24-38(34)44(46(4,5)6)39-25-17-15-23-35(39)43(2)37-27-31-19-11-13-21-33(31)29-41(37)45(3,47(7,8)9)40-28-32-20-12-10-18-30(32)26-36(40)42/h10-29,45H,1-9H3. The van der Waals surface area contributed by atoms with Gasteiger partial charge in [0.05, 0.1) is 0 Å². The maximum absolute atomic E-state index is 2.70. The van der Waals surface area contributed by atoms with Crippen LogP contribution in [0.5, 0.6) is 0 Å². The van der Waals surface area contributed by atoms with Crippen LogP contribution in [0.2, 0.25) is 39.3 Å². The molecule has 1 heterocycles. The monoisotopic (exact) mass is 686 g/mol. The summed E-state index contributed by atoms with van der Waals surface area (Å²) in [5, 5.41) is 11.4. The van der Waals surface area contributed by atoms with E-state index in [0.29, 0.717) is 0 Å². The molecule has 2 nitrogen and oxygen atoms in total. The summed E-state index contributed by atoms with van der Waals surface area (Å²) < 4.78 is 0. The number of benzene rings is 6. The van der Waals surface area contributed by atoms with Gasteiger partial charge in [-0.1, -0.05) is 0 Å². The predicted molar refractivity (Wildman–Crippen MR) is 223 cm³/mol. The van der Waals surface area contributed by atoms with E-state index < -0.39 is 29.8 Å². The van der Waals surface area contributed by atoms with Crippen molar-refractivity contribution in [3.8, 4) is 0 Å². The molecule has 6 aromatic carbocycles. The minimum absolute atomic E-state index is 0.609. The molecule has 0 aliphatic carbocycles. The van der Waals surface area contributed by atoms with Gasteiger partial charge in [-0.15, -0.1) is 0 Å². The summed E-state index contributed by atoms with van der Waals surface area (Å²) in [5.41, 5.74) is 5.44. The van der Waals surface area contributed by atoms with Crippen molar-refractivity contribution >= 4 is 95.3 Å². The molecule has 1 aliphatic rings. The third-order valence-corrected chi connectivity index (χ3v) is 35.8. The molecule has 0 radical (unpaired) electrons. The molecule has 47 heavy (non-hydrogen) atoms. The van der Waals surface area contributed by atoms with Crippen LogP contribution in [-0.2, 0) is 0 Å². The van der Waals surface area contributed by atoms with Crippen LogP contribution >= 0.6 is 14.3 Å². The quantitative estimate of drug-likeness (QED) is 0.132. The first kappa shape index (κ1) is 32.3. The second kappa shape index (κ2) is 11.7. The molecule has 0 unspecified atom stereocenters. The Hall–Kier alpha value is -3.27. The van der Waals surface area contributed by atoms with Crippen LogP contribution in [0, 0.1) is 0 Å². The van der Waals surface area contributed by atoms with Gasteiger partial charge in [0, 0.05) is 0 Å². The van der Waals surface area contributed by atoms with Crippen molar-refractivity contribution in [2.45, 2.75) is 39.3 Å². The second-order valence-electron chi connectivity index (χ2n) is 15.4.